The zero-order chi connectivity index (χ0) is 17.8. The Balaban J connectivity index is 1.58. The van der Waals surface area contributed by atoms with Crippen molar-refractivity contribution in [3.63, 3.8) is 0 Å². The van der Waals surface area contributed by atoms with Crippen molar-refractivity contribution < 1.29 is 9.59 Å². The van der Waals surface area contributed by atoms with Crippen molar-refractivity contribution in [3.05, 3.63) is 40.4 Å². The van der Waals surface area contributed by atoms with E-state index in [4.69, 9.17) is 17.3 Å². The molecule has 0 bridgehead atoms. The molecule has 8 heteroatoms. The third-order valence-corrected chi connectivity index (χ3v) is 5.49. The van der Waals surface area contributed by atoms with Gasteiger partial charge in [0, 0.05) is 24.7 Å². The summed E-state index contributed by atoms with van der Waals surface area (Å²) in [5, 5.41) is 4.39. The maximum absolute atomic E-state index is 12.4. The Hall–Kier alpha value is -1.96. The highest BCUT2D eigenvalue weighted by Crippen LogP contribution is 2.31. The first-order valence-corrected chi connectivity index (χ1v) is 9.24. The zero-order valence-electron chi connectivity index (χ0n) is 13.6. The van der Waals surface area contributed by atoms with E-state index >= 15 is 0 Å². The molecular formula is C17H19ClN4O2S. The number of carbonyl (C=O) groups is 2. The number of carbonyl (C=O) groups excluding carboxylic acids is 2. The van der Waals surface area contributed by atoms with Gasteiger partial charge in [-0.3, -0.25) is 14.5 Å². The van der Waals surface area contributed by atoms with Crippen LogP contribution in [0, 0.1) is 0 Å². The molecule has 132 valence electrons. The van der Waals surface area contributed by atoms with Gasteiger partial charge in [0.25, 0.3) is 5.91 Å². The van der Waals surface area contributed by atoms with Crippen LogP contribution in [0.2, 0.25) is 5.02 Å². The number of benzene rings is 1. The zero-order valence-corrected chi connectivity index (χ0v) is 15.1. The molecule has 0 saturated carbocycles. The maximum atomic E-state index is 12.4. The SMILES string of the molecule is NC(=O)CN1CCC(NC(=O)c2cnc(-c3ccccc3Cl)s2)CC1. The Kier molecular flexibility index (Phi) is 5.67. The lowest BCUT2D eigenvalue weighted by Gasteiger charge is -2.31. The van der Waals surface area contributed by atoms with Crippen LogP contribution in [0.15, 0.2) is 30.5 Å². The minimum atomic E-state index is -0.320. The topological polar surface area (TPSA) is 88.3 Å². The van der Waals surface area contributed by atoms with E-state index in [0.29, 0.717) is 9.90 Å². The van der Waals surface area contributed by atoms with Gasteiger partial charge in [0.05, 0.1) is 17.8 Å². The molecule has 1 aliphatic rings. The number of amides is 2. The van der Waals surface area contributed by atoms with Crippen molar-refractivity contribution in [1.29, 1.82) is 0 Å². The Labute approximate surface area is 155 Å². The van der Waals surface area contributed by atoms with Crippen molar-refractivity contribution in [3.8, 4) is 10.6 Å². The number of hydrogen-bond donors (Lipinski definition) is 2. The van der Waals surface area contributed by atoms with Crippen molar-refractivity contribution >= 4 is 34.8 Å². The predicted octanol–water partition coefficient (Wildman–Crippen LogP) is 2.14. The minimum Gasteiger partial charge on any atom is -0.369 e. The summed E-state index contributed by atoms with van der Waals surface area (Å²) in [4.78, 5) is 30.3. The number of hydrogen-bond acceptors (Lipinski definition) is 5. The number of rotatable bonds is 5. The monoisotopic (exact) mass is 378 g/mol. The van der Waals surface area contributed by atoms with Crippen molar-refractivity contribution in [2.24, 2.45) is 5.73 Å². The predicted molar refractivity (Wildman–Crippen MR) is 98.7 cm³/mol. The summed E-state index contributed by atoms with van der Waals surface area (Å²) in [6, 6.07) is 7.54. The van der Waals surface area contributed by atoms with Crippen molar-refractivity contribution in [2.75, 3.05) is 19.6 Å². The number of nitrogens with zero attached hydrogens (tertiary/aromatic N) is 2. The highest BCUT2D eigenvalue weighted by molar-refractivity contribution is 7.17. The van der Waals surface area contributed by atoms with E-state index in [2.05, 4.69) is 10.3 Å². The van der Waals surface area contributed by atoms with E-state index in [0.717, 1.165) is 36.5 Å². The first kappa shape index (κ1) is 17.8. The third kappa shape index (κ3) is 4.56. The second-order valence-corrected chi connectivity index (χ2v) is 7.44. The van der Waals surface area contributed by atoms with E-state index in [-0.39, 0.29) is 24.4 Å². The fraction of sp³-hybridized carbons (Fsp3) is 0.353. The van der Waals surface area contributed by atoms with Crippen LogP contribution in [0.25, 0.3) is 10.6 Å². The molecule has 0 spiro atoms. The van der Waals surface area contributed by atoms with E-state index in [1.165, 1.54) is 11.3 Å². The number of primary amides is 1. The van der Waals surface area contributed by atoms with Gasteiger partial charge >= 0.3 is 0 Å². The average molecular weight is 379 g/mol. The average Bonchev–Trinajstić information content (AvgIpc) is 3.06. The molecule has 1 aliphatic heterocycles. The van der Waals surface area contributed by atoms with Gasteiger partial charge in [0.15, 0.2) is 0 Å². The van der Waals surface area contributed by atoms with Gasteiger partial charge in [-0.25, -0.2) is 4.98 Å². The minimum absolute atomic E-state index is 0.0995. The van der Waals surface area contributed by atoms with Crippen molar-refractivity contribution in [2.45, 2.75) is 18.9 Å². The molecule has 3 N–H and O–H groups in total. The molecule has 0 unspecified atom stereocenters. The van der Waals surface area contributed by atoms with E-state index < -0.39 is 0 Å². The summed E-state index contributed by atoms with van der Waals surface area (Å²) in [5.41, 5.74) is 6.04. The summed E-state index contributed by atoms with van der Waals surface area (Å²) in [7, 11) is 0. The number of piperidine rings is 1. The quantitative estimate of drug-likeness (QED) is 0.834. The van der Waals surface area contributed by atoms with Gasteiger partial charge in [-0.2, -0.15) is 0 Å². The molecule has 0 aliphatic carbocycles. The Morgan fingerprint density at radius 3 is 2.72 bits per heavy atom. The molecule has 1 fully saturated rings. The number of halogens is 1. The van der Waals surface area contributed by atoms with Crippen LogP contribution >= 0.6 is 22.9 Å². The summed E-state index contributed by atoms with van der Waals surface area (Å²) >= 11 is 7.51. The lowest BCUT2D eigenvalue weighted by molar-refractivity contribution is -0.119. The van der Waals surface area contributed by atoms with Crippen LogP contribution in [0.4, 0.5) is 0 Å². The molecular weight excluding hydrogens is 360 g/mol. The summed E-state index contributed by atoms with van der Waals surface area (Å²) in [5.74, 6) is -0.441. The van der Waals surface area contributed by atoms with Crippen molar-refractivity contribution in [1.82, 2.24) is 15.2 Å². The molecule has 1 saturated heterocycles. The van der Waals surface area contributed by atoms with Gasteiger partial charge in [0.2, 0.25) is 5.91 Å². The second kappa shape index (κ2) is 7.95. The lowest BCUT2D eigenvalue weighted by atomic mass is 10.0. The molecule has 0 radical (unpaired) electrons. The highest BCUT2D eigenvalue weighted by Gasteiger charge is 2.23. The van der Waals surface area contributed by atoms with Gasteiger partial charge in [-0.15, -0.1) is 11.3 Å². The normalized spacial score (nSPS) is 15.9. The third-order valence-electron chi connectivity index (χ3n) is 4.14. The highest BCUT2D eigenvalue weighted by atomic mass is 35.5. The maximum Gasteiger partial charge on any atom is 0.263 e. The second-order valence-electron chi connectivity index (χ2n) is 6.00. The molecule has 0 atom stereocenters. The van der Waals surface area contributed by atoms with Gasteiger partial charge in [-0.1, -0.05) is 29.8 Å². The largest absolute Gasteiger partial charge is 0.369 e. The fourth-order valence-corrected chi connectivity index (χ4v) is 3.99. The Morgan fingerprint density at radius 1 is 1.32 bits per heavy atom. The molecule has 2 amide bonds. The molecule has 3 rings (SSSR count). The van der Waals surface area contributed by atoms with E-state index in [1.807, 2.05) is 23.1 Å². The first-order valence-electron chi connectivity index (χ1n) is 8.05. The lowest BCUT2D eigenvalue weighted by Crippen LogP contribution is -2.46. The summed E-state index contributed by atoms with van der Waals surface area (Å²) < 4.78 is 0. The number of thiazole rings is 1. The smallest absolute Gasteiger partial charge is 0.263 e. The molecule has 6 nitrogen and oxygen atoms in total. The number of nitrogens with two attached hydrogens (primary N) is 1. The molecule has 25 heavy (non-hydrogen) atoms. The number of likely N-dealkylation sites (tertiary alicyclic amines) is 1. The fourth-order valence-electron chi connectivity index (χ4n) is 2.85. The molecule has 1 aromatic carbocycles. The molecule has 2 aromatic rings. The van der Waals surface area contributed by atoms with Crippen LogP contribution in [0.3, 0.4) is 0 Å². The van der Waals surface area contributed by atoms with Gasteiger partial charge < -0.3 is 11.1 Å². The Bertz CT molecular complexity index is 772. The van der Waals surface area contributed by atoms with Crippen LogP contribution in [-0.4, -0.2) is 47.4 Å². The van der Waals surface area contributed by atoms with Crippen LogP contribution in [0.1, 0.15) is 22.5 Å². The van der Waals surface area contributed by atoms with Crippen LogP contribution in [-0.2, 0) is 4.79 Å². The van der Waals surface area contributed by atoms with Crippen LogP contribution < -0.4 is 11.1 Å². The van der Waals surface area contributed by atoms with Gasteiger partial charge in [0.1, 0.15) is 9.88 Å². The van der Waals surface area contributed by atoms with Gasteiger partial charge in [-0.05, 0) is 18.9 Å². The summed E-state index contributed by atoms with van der Waals surface area (Å²) in [6.07, 6.45) is 3.19. The molecule has 1 aromatic heterocycles. The molecule has 2 heterocycles. The summed E-state index contributed by atoms with van der Waals surface area (Å²) in [6.45, 7) is 1.78. The number of nitrogens with one attached hydrogen (secondary N) is 1. The number of aromatic nitrogens is 1. The Morgan fingerprint density at radius 2 is 2.04 bits per heavy atom. The standard InChI is InChI=1S/C17H19ClN4O2S/c18-13-4-2-1-3-12(13)17-20-9-14(25-17)16(24)21-11-5-7-22(8-6-11)10-15(19)23/h1-4,9,11H,5-8,10H2,(H2,19,23)(H,21,24). The van der Waals surface area contributed by atoms with E-state index in [1.54, 1.807) is 12.3 Å². The van der Waals surface area contributed by atoms with E-state index in [9.17, 15) is 9.59 Å². The first-order chi connectivity index (χ1) is 12.0. The van der Waals surface area contributed by atoms with Crippen LogP contribution in [0.5, 0.6) is 0 Å².